The first kappa shape index (κ1) is 23.9. The van der Waals surface area contributed by atoms with E-state index in [-0.39, 0.29) is 17.7 Å². The molecule has 4 heterocycles. The largest absolute Gasteiger partial charge is 0.382 e. The molecule has 3 N–H and O–H groups in total. The Kier molecular flexibility index (Phi) is 6.51. The summed E-state index contributed by atoms with van der Waals surface area (Å²) in [5.74, 6) is 1.49. The molecule has 0 aliphatic carbocycles. The molecule has 37 heavy (non-hydrogen) atoms. The Morgan fingerprint density at radius 3 is 2.70 bits per heavy atom. The van der Waals surface area contributed by atoms with Crippen LogP contribution in [-0.2, 0) is 4.79 Å². The Balaban J connectivity index is 1.44. The zero-order valence-corrected chi connectivity index (χ0v) is 20.4. The van der Waals surface area contributed by atoms with Crippen LogP contribution in [0.4, 0.5) is 11.6 Å². The fourth-order valence-electron chi connectivity index (χ4n) is 4.72. The van der Waals surface area contributed by atoms with Gasteiger partial charge in [-0.15, -0.1) is 0 Å². The van der Waals surface area contributed by atoms with E-state index in [2.05, 4.69) is 15.3 Å². The number of imidazole rings is 1. The minimum Gasteiger partial charge on any atom is -0.382 e. The molecule has 1 aromatic carbocycles. The highest BCUT2D eigenvalue weighted by atomic mass is 16.2. The van der Waals surface area contributed by atoms with E-state index >= 15 is 0 Å². The average Bonchev–Trinajstić information content (AvgIpc) is 3.34. The second-order valence-electron chi connectivity index (χ2n) is 8.96. The zero-order chi connectivity index (χ0) is 25.9. The predicted molar refractivity (Wildman–Crippen MR) is 139 cm³/mol. The van der Waals surface area contributed by atoms with Crippen LogP contribution in [0.2, 0.25) is 0 Å². The maximum atomic E-state index is 12.7. The number of nitrogens with zero attached hydrogens (tertiary/aromatic N) is 6. The van der Waals surface area contributed by atoms with Crippen molar-refractivity contribution in [3.05, 3.63) is 71.9 Å². The number of hydrogen-bond acceptors (Lipinski definition) is 7. The molecule has 0 saturated carbocycles. The molecule has 1 fully saturated rings. The third-order valence-electron chi connectivity index (χ3n) is 6.61. The summed E-state index contributed by atoms with van der Waals surface area (Å²) in [5.41, 5.74) is 9.34. The summed E-state index contributed by atoms with van der Waals surface area (Å²) in [7, 11) is 0. The van der Waals surface area contributed by atoms with Gasteiger partial charge in [0.25, 0.3) is 5.91 Å². The molecular weight excluding hydrogens is 468 g/mol. The number of nitrogens with two attached hydrogens (primary N) is 1. The minimum atomic E-state index is -0.316. The number of hydrogen-bond donors (Lipinski definition) is 2. The van der Waals surface area contributed by atoms with Crippen molar-refractivity contribution < 1.29 is 9.59 Å². The number of aromatic nitrogens is 4. The second kappa shape index (κ2) is 10.1. The summed E-state index contributed by atoms with van der Waals surface area (Å²) in [5, 5.41) is 11.6. The molecule has 10 heteroatoms. The fraction of sp³-hybridized carbons (Fsp3) is 0.259. The number of piperidine rings is 1. The highest BCUT2D eigenvalue weighted by Gasteiger charge is 2.28. The molecule has 2 amide bonds. The molecule has 0 radical (unpaired) electrons. The van der Waals surface area contributed by atoms with Crippen LogP contribution in [-0.4, -0.2) is 49.2 Å². The van der Waals surface area contributed by atoms with Gasteiger partial charge >= 0.3 is 0 Å². The topological polar surface area (TPSA) is 142 Å². The molecule has 1 aliphatic heterocycles. The van der Waals surface area contributed by atoms with Gasteiger partial charge < -0.3 is 16.0 Å². The van der Waals surface area contributed by atoms with E-state index in [1.165, 1.54) is 6.20 Å². The normalized spacial score (nSPS) is 15.4. The molecular formula is C27H26N8O2. The summed E-state index contributed by atoms with van der Waals surface area (Å²) in [6.45, 7) is 3.27. The zero-order valence-electron chi connectivity index (χ0n) is 20.4. The number of nitrogens with one attached hydrogen (secondary N) is 1. The van der Waals surface area contributed by atoms with E-state index in [1.807, 2.05) is 40.6 Å². The van der Waals surface area contributed by atoms with Crippen LogP contribution < -0.4 is 11.1 Å². The Morgan fingerprint density at radius 1 is 1.19 bits per heavy atom. The van der Waals surface area contributed by atoms with Crippen LogP contribution in [0.1, 0.15) is 53.8 Å². The van der Waals surface area contributed by atoms with Gasteiger partial charge in [0, 0.05) is 55.1 Å². The van der Waals surface area contributed by atoms with E-state index < -0.39 is 0 Å². The first-order valence-corrected chi connectivity index (χ1v) is 12.2. The number of carbonyl (C=O) groups excluding carboxylic acids is 2. The van der Waals surface area contributed by atoms with Crippen LogP contribution in [0.5, 0.6) is 0 Å². The van der Waals surface area contributed by atoms with Crippen molar-refractivity contribution in [2.45, 2.75) is 32.1 Å². The predicted octanol–water partition coefficient (Wildman–Crippen LogP) is 3.61. The van der Waals surface area contributed by atoms with Gasteiger partial charge in [0.05, 0.1) is 5.56 Å². The SMILES string of the molecule is CCC(=O)N1CCCC(c2nc(-c3ccc(C(=O)Nc4ccc(C#N)cn4)cc3)c3c(N)nccn23)C1. The highest BCUT2D eigenvalue weighted by molar-refractivity contribution is 6.04. The number of nitrogen functional groups attached to an aromatic ring is 1. The number of likely N-dealkylation sites (tertiary alicyclic amines) is 1. The molecule has 0 spiro atoms. The number of benzene rings is 1. The molecule has 1 unspecified atom stereocenters. The van der Waals surface area contributed by atoms with E-state index in [0.717, 1.165) is 30.8 Å². The lowest BCUT2D eigenvalue weighted by atomic mass is 9.97. The maximum Gasteiger partial charge on any atom is 0.256 e. The molecule has 10 nitrogen and oxygen atoms in total. The third kappa shape index (κ3) is 4.71. The van der Waals surface area contributed by atoms with Crippen LogP contribution >= 0.6 is 0 Å². The molecule has 1 atom stereocenters. The van der Waals surface area contributed by atoms with Crippen LogP contribution in [0.3, 0.4) is 0 Å². The van der Waals surface area contributed by atoms with E-state index in [1.54, 1.807) is 30.5 Å². The van der Waals surface area contributed by atoms with Crippen molar-refractivity contribution in [1.29, 1.82) is 5.26 Å². The Morgan fingerprint density at radius 2 is 2.00 bits per heavy atom. The van der Waals surface area contributed by atoms with Crippen molar-refractivity contribution in [2.75, 3.05) is 24.1 Å². The molecule has 0 bridgehead atoms. The standard InChI is InChI=1S/C27H26N8O2/c1-2-22(36)34-12-3-4-20(16-34)26-33-23(24-25(29)30-11-13-35(24)26)18-6-8-19(9-7-18)27(37)32-21-10-5-17(14-28)15-31-21/h5-11,13,15,20H,2-4,12,16H2,1H3,(H2,29,30)(H,31,32,37). The van der Waals surface area contributed by atoms with Crippen LogP contribution in [0, 0.1) is 11.3 Å². The van der Waals surface area contributed by atoms with E-state index in [9.17, 15) is 9.59 Å². The number of carbonyl (C=O) groups is 2. The highest BCUT2D eigenvalue weighted by Crippen LogP contribution is 2.34. The maximum absolute atomic E-state index is 12.7. The lowest BCUT2D eigenvalue weighted by Gasteiger charge is -2.32. The van der Waals surface area contributed by atoms with Gasteiger partial charge in [0.15, 0.2) is 0 Å². The second-order valence-corrected chi connectivity index (χ2v) is 8.96. The van der Waals surface area contributed by atoms with Crippen molar-refractivity contribution in [3.63, 3.8) is 0 Å². The van der Waals surface area contributed by atoms with E-state index in [4.69, 9.17) is 16.0 Å². The number of amides is 2. The lowest BCUT2D eigenvalue weighted by Crippen LogP contribution is -2.39. The quantitative estimate of drug-likeness (QED) is 0.431. The number of rotatable bonds is 5. The summed E-state index contributed by atoms with van der Waals surface area (Å²) < 4.78 is 1.97. The van der Waals surface area contributed by atoms with E-state index in [0.29, 0.717) is 46.9 Å². The molecule has 1 aliphatic rings. The van der Waals surface area contributed by atoms with Gasteiger partial charge in [-0.1, -0.05) is 19.1 Å². The summed E-state index contributed by atoms with van der Waals surface area (Å²) in [6, 6.07) is 12.3. The molecule has 1 saturated heterocycles. The van der Waals surface area contributed by atoms with Gasteiger partial charge in [0.1, 0.15) is 34.7 Å². The van der Waals surface area contributed by atoms with Gasteiger partial charge in [-0.05, 0) is 37.1 Å². The Bertz CT molecular complexity index is 1500. The number of pyridine rings is 1. The van der Waals surface area contributed by atoms with Crippen molar-refractivity contribution in [2.24, 2.45) is 0 Å². The fourth-order valence-corrected chi connectivity index (χ4v) is 4.72. The third-order valence-corrected chi connectivity index (χ3v) is 6.61. The summed E-state index contributed by atoms with van der Waals surface area (Å²) in [4.78, 5) is 40.3. The monoisotopic (exact) mass is 494 g/mol. The Hall–Kier alpha value is -4.78. The molecule has 4 aromatic rings. The summed E-state index contributed by atoms with van der Waals surface area (Å²) >= 11 is 0. The lowest BCUT2D eigenvalue weighted by molar-refractivity contribution is -0.132. The number of anilines is 2. The van der Waals surface area contributed by atoms with Crippen LogP contribution in [0.15, 0.2) is 55.0 Å². The molecule has 186 valence electrons. The minimum absolute atomic E-state index is 0.0808. The van der Waals surface area contributed by atoms with Gasteiger partial charge in [-0.25, -0.2) is 15.0 Å². The van der Waals surface area contributed by atoms with Crippen molar-refractivity contribution >= 4 is 29.0 Å². The first-order valence-electron chi connectivity index (χ1n) is 12.2. The number of fused-ring (bicyclic) bond motifs is 1. The van der Waals surface area contributed by atoms with Gasteiger partial charge in [-0.2, -0.15) is 5.26 Å². The molecule has 3 aromatic heterocycles. The average molecular weight is 495 g/mol. The smallest absolute Gasteiger partial charge is 0.256 e. The number of nitriles is 1. The summed E-state index contributed by atoms with van der Waals surface area (Å²) in [6.07, 6.45) is 7.24. The first-order chi connectivity index (χ1) is 18.0. The van der Waals surface area contributed by atoms with Gasteiger partial charge in [-0.3, -0.25) is 14.0 Å². The van der Waals surface area contributed by atoms with Crippen LogP contribution in [0.25, 0.3) is 16.8 Å². The molecule has 5 rings (SSSR count). The van der Waals surface area contributed by atoms with Crippen molar-refractivity contribution in [3.8, 4) is 17.3 Å². The Labute approximate surface area is 213 Å². The van der Waals surface area contributed by atoms with Crippen molar-refractivity contribution in [1.82, 2.24) is 24.3 Å². The van der Waals surface area contributed by atoms with Gasteiger partial charge in [0.2, 0.25) is 5.91 Å².